The SMILES string of the molecule is COc1ccc(CN2NC(c3cc(C(=O)N(C)C)ccn3)c3c2ccnc3NC(C)C)cc1. The Morgan fingerprint density at radius 2 is 1.88 bits per heavy atom. The van der Waals surface area contributed by atoms with E-state index in [-0.39, 0.29) is 18.0 Å². The highest BCUT2D eigenvalue weighted by Gasteiger charge is 2.34. The highest BCUT2D eigenvalue weighted by Crippen LogP contribution is 2.41. The average Bonchev–Trinajstić information content (AvgIpc) is 3.18. The van der Waals surface area contributed by atoms with Crippen molar-refractivity contribution < 1.29 is 9.53 Å². The standard InChI is InChI=1S/C25H30N6O2/c1-16(2)28-24-22-21(11-13-27-24)31(15-17-6-8-19(33-5)9-7-17)29-23(22)20-14-18(10-12-26-20)25(32)30(3)4/h6-14,16,23,29H,15H2,1-5H3,(H,27,28). The minimum atomic E-state index is -0.247. The number of anilines is 2. The quantitative estimate of drug-likeness (QED) is 0.574. The molecule has 0 fully saturated rings. The molecule has 8 heteroatoms. The van der Waals surface area contributed by atoms with Crippen LogP contribution in [0, 0.1) is 0 Å². The Balaban J connectivity index is 1.73. The van der Waals surface area contributed by atoms with Crippen molar-refractivity contribution in [1.29, 1.82) is 0 Å². The summed E-state index contributed by atoms with van der Waals surface area (Å²) >= 11 is 0. The third-order valence-corrected chi connectivity index (χ3v) is 5.49. The van der Waals surface area contributed by atoms with E-state index in [9.17, 15) is 4.79 Å². The predicted octanol–water partition coefficient (Wildman–Crippen LogP) is 3.62. The molecule has 3 heterocycles. The zero-order chi connectivity index (χ0) is 23.5. The molecule has 1 atom stereocenters. The first-order valence-electron chi connectivity index (χ1n) is 11.0. The van der Waals surface area contributed by atoms with E-state index in [1.54, 1.807) is 38.4 Å². The Kier molecular flexibility index (Phi) is 6.46. The van der Waals surface area contributed by atoms with Gasteiger partial charge in [-0.25, -0.2) is 10.4 Å². The van der Waals surface area contributed by atoms with Crippen molar-refractivity contribution in [2.45, 2.75) is 32.5 Å². The van der Waals surface area contributed by atoms with Crippen molar-refractivity contribution in [2.75, 3.05) is 31.5 Å². The lowest BCUT2D eigenvalue weighted by molar-refractivity contribution is 0.0827. The Morgan fingerprint density at radius 1 is 1.15 bits per heavy atom. The smallest absolute Gasteiger partial charge is 0.253 e. The number of nitrogens with one attached hydrogen (secondary N) is 2. The third kappa shape index (κ3) is 4.75. The van der Waals surface area contributed by atoms with Crippen LogP contribution >= 0.6 is 0 Å². The first kappa shape index (κ1) is 22.5. The fourth-order valence-electron chi connectivity index (χ4n) is 3.92. The van der Waals surface area contributed by atoms with Crippen molar-refractivity contribution in [2.24, 2.45) is 0 Å². The number of fused-ring (bicyclic) bond motifs is 1. The molecule has 0 saturated carbocycles. The summed E-state index contributed by atoms with van der Waals surface area (Å²) < 4.78 is 5.29. The molecule has 4 rings (SSSR count). The van der Waals surface area contributed by atoms with Crippen molar-refractivity contribution in [3.05, 3.63) is 77.2 Å². The van der Waals surface area contributed by atoms with Crippen molar-refractivity contribution in [3.63, 3.8) is 0 Å². The van der Waals surface area contributed by atoms with E-state index < -0.39 is 0 Å². The number of methoxy groups -OCH3 is 1. The molecule has 172 valence electrons. The topological polar surface area (TPSA) is 82.6 Å². The number of carbonyl (C=O) groups is 1. The number of rotatable bonds is 7. The monoisotopic (exact) mass is 446 g/mol. The molecule has 33 heavy (non-hydrogen) atoms. The second-order valence-electron chi connectivity index (χ2n) is 8.56. The number of hydrazine groups is 1. The molecule has 8 nitrogen and oxygen atoms in total. The van der Waals surface area contributed by atoms with Crippen LogP contribution in [0.5, 0.6) is 5.75 Å². The van der Waals surface area contributed by atoms with E-state index in [2.05, 4.69) is 51.7 Å². The van der Waals surface area contributed by atoms with Crippen LogP contribution in [0.1, 0.15) is 47.1 Å². The van der Waals surface area contributed by atoms with Gasteiger partial charge in [0.15, 0.2) is 0 Å². The summed E-state index contributed by atoms with van der Waals surface area (Å²) in [6.45, 7) is 4.82. The van der Waals surface area contributed by atoms with Gasteiger partial charge in [0.05, 0.1) is 31.1 Å². The van der Waals surface area contributed by atoms with Crippen molar-refractivity contribution in [3.8, 4) is 5.75 Å². The van der Waals surface area contributed by atoms with Crippen LogP contribution in [-0.4, -0.2) is 48.0 Å². The van der Waals surface area contributed by atoms with Gasteiger partial charge in [-0.05, 0) is 49.7 Å². The molecule has 2 aromatic heterocycles. The highest BCUT2D eigenvalue weighted by molar-refractivity contribution is 5.94. The van der Waals surface area contributed by atoms with E-state index in [1.807, 2.05) is 30.5 Å². The Bertz CT molecular complexity index is 1130. The number of ether oxygens (including phenoxy) is 1. The predicted molar refractivity (Wildman–Crippen MR) is 129 cm³/mol. The van der Waals surface area contributed by atoms with Gasteiger partial charge in [0, 0.05) is 43.7 Å². The maximum Gasteiger partial charge on any atom is 0.253 e. The molecular weight excluding hydrogens is 416 g/mol. The zero-order valence-electron chi connectivity index (χ0n) is 19.7. The zero-order valence-corrected chi connectivity index (χ0v) is 19.7. The Morgan fingerprint density at radius 3 is 2.55 bits per heavy atom. The molecule has 0 spiro atoms. The number of hydrogen-bond acceptors (Lipinski definition) is 7. The van der Waals surface area contributed by atoms with Crippen LogP contribution < -0.4 is 20.5 Å². The van der Waals surface area contributed by atoms with Crippen LogP contribution in [0.15, 0.2) is 54.9 Å². The van der Waals surface area contributed by atoms with Crippen LogP contribution in [0.4, 0.5) is 11.5 Å². The summed E-state index contributed by atoms with van der Waals surface area (Å²) in [7, 11) is 5.16. The van der Waals surface area contributed by atoms with Crippen LogP contribution in [-0.2, 0) is 6.54 Å². The molecular formula is C25H30N6O2. The summed E-state index contributed by atoms with van der Waals surface area (Å²) in [6.07, 6.45) is 3.50. The molecule has 1 aliphatic rings. The second-order valence-corrected chi connectivity index (χ2v) is 8.56. The lowest BCUT2D eigenvalue weighted by atomic mass is 10.0. The lowest BCUT2D eigenvalue weighted by Crippen LogP contribution is -2.34. The van der Waals surface area contributed by atoms with Crippen LogP contribution in [0.25, 0.3) is 0 Å². The van der Waals surface area contributed by atoms with Gasteiger partial charge in [-0.15, -0.1) is 0 Å². The van der Waals surface area contributed by atoms with Gasteiger partial charge >= 0.3 is 0 Å². The third-order valence-electron chi connectivity index (χ3n) is 5.49. The summed E-state index contributed by atoms with van der Waals surface area (Å²) in [5.41, 5.74) is 8.14. The molecule has 0 radical (unpaired) electrons. The van der Waals surface area contributed by atoms with Gasteiger partial charge in [-0.2, -0.15) is 0 Å². The number of aromatic nitrogens is 2. The number of pyridine rings is 2. The summed E-state index contributed by atoms with van der Waals surface area (Å²) in [5.74, 6) is 1.58. The summed E-state index contributed by atoms with van der Waals surface area (Å²) in [5, 5.41) is 5.57. The summed E-state index contributed by atoms with van der Waals surface area (Å²) in [6, 6.07) is 13.6. The van der Waals surface area contributed by atoms with Crippen molar-refractivity contribution in [1.82, 2.24) is 20.3 Å². The highest BCUT2D eigenvalue weighted by atomic mass is 16.5. The fourth-order valence-corrected chi connectivity index (χ4v) is 3.92. The Labute approximate surface area is 194 Å². The fraction of sp³-hybridized carbons (Fsp3) is 0.320. The molecule has 0 aliphatic carbocycles. The molecule has 1 aromatic carbocycles. The molecule has 2 N–H and O–H groups in total. The van der Waals surface area contributed by atoms with Gasteiger partial charge in [0.2, 0.25) is 0 Å². The molecule has 1 aliphatic heterocycles. The van der Waals surface area contributed by atoms with Crippen LogP contribution in [0.3, 0.4) is 0 Å². The van der Waals surface area contributed by atoms with E-state index in [1.165, 1.54) is 0 Å². The minimum absolute atomic E-state index is 0.0568. The first-order valence-corrected chi connectivity index (χ1v) is 11.0. The average molecular weight is 447 g/mol. The number of hydrogen-bond donors (Lipinski definition) is 2. The minimum Gasteiger partial charge on any atom is -0.497 e. The number of nitrogens with zero attached hydrogens (tertiary/aromatic N) is 4. The normalized spacial score (nSPS) is 14.8. The number of amides is 1. The molecule has 1 amide bonds. The maximum absolute atomic E-state index is 12.6. The second kappa shape index (κ2) is 9.46. The molecule has 0 bridgehead atoms. The van der Waals surface area contributed by atoms with Crippen LogP contribution in [0.2, 0.25) is 0 Å². The molecule has 0 saturated heterocycles. The van der Waals surface area contributed by atoms with E-state index in [0.717, 1.165) is 34.1 Å². The van der Waals surface area contributed by atoms with Crippen molar-refractivity contribution >= 4 is 17.4 Å². The molecule has 3 aromatic rings. The summed E-state index contributed by atoms with van der Waals surface area (Å²) in [4.78, 5) is 23.4. The molecule has 1 unspecified atom stereocenters. The number of carbonyl (C=O) groups excluding carboxylic acids is 1. The van der Waals surface area contributed by atoms with Gasteiger partial charge < -0.3 is 20.0 Å². The van der Waals surface area contributed by atoms with Gasteiger partial charge in [0.25, 0.3) is 5.91 Å². The first-order chi connectivity index (χ1) is 15.9. The van der Waals surface area contributed by atoms with Gasteiger partial charge in [-0.1, -0.05) is 12.1 Å². The van der Waals surface area contributed by atoms with E-state index in [0.29, 0.717) is 12.1 Å². The van der Waals surface area contributed by atoms with E-state index >= 15 is 0 Å². The Hall–Kier alpha value is -3.65. The maximum atomic E-state index is 12.6. The van der Waals surface area contributed by atoms with Gasteiger partial charge in [-0.3, -0.25) is 9.78 Å². The number of benzene rings is 1. The lowest BCUT2D eigenvalue weighted by Gasteiger charge is -2.21. The van der Waals surface area contributed by atoms with Gasteiger partial charge in [0.1, 0.15) is 11.6 Å². The van der Waals surface area contributed by atoms with E-state index in [4.69, 9.17) is 4.74 Å². The largest absolute Gasteiger partial charge is 0.497 e.